The number of benzene rings is 10. The second-order valence-electron chi connectivity index (χ2n) is 20.3. The summed E-state index contributed by atoms with van der Waals surface area (Å²) in [4.78, 5) is 34.6. The monoisotopic (exact) mass is 1070 g/mol. The van der Waals surface area contributed by atoms with Gasteiger partial charge in [-0.1, -0.05) is 218 Å². The van der Waals surface area contributed by atoms with Crippen molar-refractivity contribution < 1.29 is 19.1 Å². The van der Waals surface area contributed by atoms with Gasteiger partial charge in [-0.2, -0.15) is 0 Å². The van der Waals surface area contributed by atoms with Gasteiger partial charge in [-0.3, -0.25) is 8.47 Å². The second kappa shape index (κ2) is 18.6. The van der Waals surface area contributed by atoms with Crippen molar-refractivity contribution >= 4 is 87.0 Å². The van der Waals surface area contributed by atoms with Crippen molar-refractivity contribution in [3.05, 3.63) is 252 Å². The molecule has 0 aliphatic carbocycles. The average molecular weight is 1070 g/mol. The number of hydrogen-bond acceptors (Lipinski definition) is 10. The molecule has 13 heteroatoms. The van der Waals surface area contributed by atoms with Crippen LogP contribution in [0.15, 0.2) is 248 Å². The Morgan fingerprint density at radius 2 is 0.593 bits per heavy atom. The summed E-state index contributed by atoms with van der Waals surface area (Å²) in [5.41, 5.74) is 11.4. The molecule has 2 aromatic heterocycles. The fraction of sp³-hybridized carbons (Fsp3) is 0.0588. The summed E-state index contributed by atoms with van der Waals surface area (Å²) in [7, 11) is -4.90. The smallest absolute Gasteiger partial charge is 0.394 e. The highest BCUT2D eigenvalue weighted by Crippen LogP contribution is 2.54. The molecule has 12 nitrogen and oxygen atoms in total. The van der Waals surface area contributed by atoms with E-state index in [1.165, 1.54) is 0 Å². The Kier molecular flexibility index (Phi) is 10.8. The van der Waals surface area contributed by atoms with E-state index in [0.717, 1.165) is 110 Å². The van der Waals surface area contributed by atoms with Gasteiger partial charge in [0.05, 0.1) is 26.4 Å². The molecule has 6 bridgehead atoms. The van der Waals surface area contributed by atoms with Gasteiger partial charge < -0.3 is 19.1 Å². The Bertz CT molecular complexity index is 4600. The third-order valence-electron chi connectivity index (χ3n) is 15.8. The molecule has 12 aromatic rings. The van der Waals surface area contributed by atoms with Crippen molar-refractivity contribution in [3.8, 4) is 44.5 Å². The topological polar surface area (TPSA) is 143 Å². The normalized spacial score (nSPS) is 14.4. The number of aliphatic hydroxyl groups is 2. The van der Waals surface area contributed by atoms with Crippen LogP contribution < -0.4 is 11.0 Å². The van der Waals surface area contributed by atoms with E-state index in [9.17, 15) is 10.2 Å². The second-order valence-corrected chi connectivity index (χ2v) is 22.8. The summed E-state index contributed by atoms with van der Waals surface area (Å²) >= 11 is 0. The molecule has 0 amide bonds. The lowest BCUT2D eigenvalue weighted by Gasteiger charge is -2.33. The largest absolute Gasteiger partial charge is 0.603 e. The summed E-state index contributed by atoms with van der Waals surface area (Å²) in [5.74, 6) is 2.58. The minimum atomic E-state index is -4.90. The van der Waals surface area contributed by atoms with Gasteiger partial charge in [0, 0.05) is 66.1 Å². The number of aromatic nitrogens is 2. The molecule has 81 heavy (non-hydrogen) atoms. The molecule has 6 heterocycles. The van der Waals surface area contributed by atoms with Crippen molar-refractivity contribution in [1.82, 2.24) is 8.47 Å². The van der Waals surface area contributed by atoms with Gasteiger partial charge >= 0.3 is 8.88 Å². The first-order valence-electron chi connectivity index (χ1n) is 27.1. The summed E-state index contributed by atoms with van der Waals surface area (Å²) in [5, 5.41) is 29.6. The molecule has 0 atom stereocenters. The molecule has 0 saturated carbocycles. The Balaban J connectivity index is 1.28. The highest BCUT2D eigenvalue weighted by Gasteiger charge is 2.54. The van der Waals surface area contributed by atoms with Gasteiger partial charge in [-0.15, -0.1) is 0 Å². The van der Waals surface area contributed by atoms with Crippen LogP contribution >= 0.6 is 0 Å². The third kappa shape index (κ3) is 6.97. The van der Waals surface area contributed by atoms with Crippen LogP contribution in [0.4, 0.5) is 11.6 Å². The first-order chi connectivity index (χ1) is 40.1. The van der Waals surface area contributed by atoms with Gasteiger partial charge in [0.15, 0.2) is 23.3 Å². The first kappa shape index (κ1) is 47.2. The van der Waals surface area contributed by atoms with E-state index in [0.29, 0.717) is 46.0 Å². The lowest BCUT2D eigenvalue weighted by Crippen LogP contribution is -2.64. The third-order valence-corrected chi connectivity index (χ3v) is 19.0. The molecule has 0 saturated heterocycles. The van der Waals surface area contributed by atoms with Gasteiger partial charge in [-0.25, -0.2) is 30.0 Å². The fourth-order valence-corrected chi connectivity index (χ4v) is 15.9. The average Bonchev–Trinajstić information content (AvgIpc) is 4.45. The highest BCUT2D eigenvalue weighted by atomic mass is 28.4. The van der Waals surface area contributed by atoms with Crippen molar-refractivity contribution in [2.75, 3.05) is 26.4 Å². The lowest BCUT2D eigenvalue weighted by atomic mass is 9.87. The Morgan fingerprint density at radius 1 is 0.309 bits per heavy atom. The number of fused-ring (bicyclic) bond motifs is 16. The molecule has 4 aliphatic rings. The van der Waals surface area contributed by atoms with Crippen molar-refractivity contribution in [1.29, 1.82) is 0 Å². The van der Waals surface area contributed by atoms with Crippen LogP contribution in [-0.2, 0) is 8.85 Å². The lowest BCUT2D eigenvalue weighted by molar-refractivity contribution is 0.100. The fourth-order valence-electron chi connectivity index (χ4n) is 12.7. The Labute approximate surface area is 464 Å². The molecule has 0 fully saturated rings. The molecule has 2 N–H and O–H groups in total. The van der Waals surface area contributed by atoms with Crippen molar-refractivity contribution in [2.24, 2.45) is 30.0 Å². The van der Waals surface area contributed by atoms with Crippen LogP contribution in [0.3, 0.4) is 0 Å². The van der Waals surface area contributed by atoms with Crippen LogP contribution in [0.1, 0.15) is 22.3 Å². The standard InChI is InChI=1S/C68H46N8O4Si/c77-37-39-79-81(80-40-38-78)75-65-57-53(41-21-5-1-6-22-41)45-29-13-14-30-46(45)54(42-23-7-2-8-24-42)58(57)66(75)72-62-51-35-19-20-36-52(51)64(70-62)74-68-60-56(44-27-11-4-12-28-44)48-32-16-15-31-47(48)55(43-25-9-3-10-26-43)59(60)67(76(68)81)73-63-50-34-18-17-33-49(50)61(69-63)71-65/h1-36,77-78H,37-40H2. The maximum Gasteiger partial charge on any atom is 0.603 e. The summed E-state index contributed by atoms with van der Waals surface area (Å²) in [6, 6.07) is 74.8. The quantitative estimate of drug-likeness (QED) is 0.131. The number of amidine groups is 4. The SMILES string of the molecule is OCCO[Si]1(OCCO)n2c3c4c(-c5ccccc5)c5ccccc5c(-c5ccccc5)c4c2N=C2N=C(N=c4c5c(-c6ccccc6)c6ccccc6c(-c6ccccc6)c5c(n41)=NC1=NC(=N3)c3ccccc31)c1ccccc12. The molecule has 10 aromatic carbocycles. The van der Waals surface area contributed by atoms with Gasteiger partial charge in [0.1, 0.15) is 22.6 Å². The number of rotatable bonds is 10. The molecule has 4 aliphatic heterocycles. The van der Waals surface area contributed by atoms with Crippen LogP contribution in [0.2, 0.25) is 0 Å². The van der Waals surface area contributed by atoms with E-state index < -0.39 is 8.88 Å². The molecule has 0 spiro atoms. The van der Waals surface area contributed by atoms with Crippen molar-refractivity contribution in [3.63, 3.8) is 0 Å². The van der Waals surface area contributed by atoms with E-state index in [-0.39, 0.29) is 26.4 Å². The zero-order valence-electron chi connectivity index (χ0n) is 43.4. The maximum atomic E-state index is 11.3. The molecule has 0 unspecified atom stereocenters. The molecule has 386 valence electrons. The van der Waals surface area contributed by atoms with E-state index in [1.54, 1.807) is 0 Å². The number of hydrogen-bond donors (Lipinski definition) is 2. The molecule has 0 radical (unpaired) electrons. The predicted molar refractivity (Wildman–Crippen MR) is 324 cm³/mol. The van der Waals surface area contributed by atoms with Crippen LogP contribution in [0, 0.1) is 0 Å². The van der Waals surface area contributed by atoms with Crippen LogP contribution in [0.25, 0.3) is 87.6 Å². The highest BCUT2D eigenvalue weighted by molar-refractivity contribution is 6.66. The minimum Gasteiger partial charge on any atom is -0.394 e. The molecule has 16 rings (SSSR count). The minimum absolute atomic E-state index is 0.202. The van der Waals surface area contributed by atoms with E-state index in [4.69, 9.17) is 38.8 Å². The van der Waals surface area contributed by atoms with Gasteiger partial charge in [0.2, 0.25) is 0 Å². The van der Waals surface area contributed by atoms with E-state index in [1.807, 2.05) is 81.3 Å². The Hall–Kier alpha value is -9.86. The summed E-state index contributed by atoms with van der Waals surface area (Å²) in [6.45, 7) is -1.17. The van der Waals surface area contributed by atoms with Crippen molar-refractivity contribution in [2.45, 2.75) is 0 Å². The van der Waals surface area contributed by atoms with E-state index >= 15 is 0 Å². The molecular weight excluding hydrogens is 1020 g/mol. The zero-order chi connectivity index (χ0) is 53.8. The summed E-state index contributed by atoms with van der Waals surface area (Å²) in [6.07, 6.45) is 0. The molecular formula is C68H46N8O4Si. The predicted octanol–water partition coefficient (Wildman–Crippen LogP) is 12.4. The number of aliphatic hydroxyl groups excluding tert-OH is 2. The van der Waals surface area contributed by atoms with Crippen LogP contribution in [0.5, 0.6) is 0 Å². The zero-order valence-corrected chi connectivity index (χ0v) is 44.4. The van der Waals surface area contributed by atoms with Gasteiger partial charge in [-0.05, 0) is 43.8 Å². The van der Waals surface area contributed by atoms with E-state index in [2.05, 4.69) is 146 Å². The number of nitrogens with zero attached hydrogens (tertiary/aromatic N) is 8. The number of aliphatic imine (C=N–C) groups is 4. The summed E-state index contributed by atoms with van der Waals surface area (Å²) < 4.78 is 19.4. The maximum absolute atomic E-state index is 11.3. The van der Waals surface area contributed by atoms with Crippen LogP contribution in [-0.4, -0.2) is 77.3 Å². The van der Waals surface area contributed by atoms with Gasteiger partial charge in [0.25, 0.3) is 0 Å². The Morgan fingerprint density at radius 3 is 0.914 bits per heavy atom. The first-order valence-corrected chi connectivity index (χ1v) is 28.8.